The van der Waals surface area contributed by atoms with E-state index in [-0.39, 0.29) is 11.8 Å². The quantitative estimate of drug-likeness (QED) is 0.735. The van der Waals surface area contributed by atoms with Crippen LogP contribution in [0.5, 0.6) is 0 Å². The molecule has 5 nitrogen and oxygen atoms in total. The molecule has 0 spiro atoms. The first kappa shape index (κ1) is 19.7. The van der Waals surface area contributed by atoms with Crippen molar-refractivity contribution in [3.63, 3.8) is 0 Å². The van der Waals surface area contributed by atoms with E-state index in [1.165, 1.54) is 6.08 Å². The van der Waals surface area contributed by atoms with E-state index >= 15 is 0 Å². The second-order valence-electron chi connectivity index (χ2n) is 6.09. The SMILES string of the molecule is CN(C)CC(=O)Nc1cccc(CNC(=O)/C=C/c2cccc(Cl)c2)c1. The Bertz CT molecular complexity index is 803. The van der Waals surface area contributed by atoms with E-state index in [1.54, 1.807) is 23.1 Å². The summed E-state index contributed by atoms with van der Waals surface area (Å²) in [7, 11) is 3.67. The lowest BCUT2D eigenvalue weighted by molar-refractivity contribution is -0.117. The Balaban J connectivity index is 1.87. The summed E-state index contributed by atoms with van der Waals surface area (Å²) in [6, 6.07) is 14.7. The highest BCUT2D eigenvalue weighted by Gasteiger charge is 2.04. The summed E-state index contributed by atoms with van der Waals surface area (Å²) < 4.78 is 0. The Morgan fingerprint density at radius 1 is 1.12 bits per heavy atom. The van der Waals surface area contributed by atoms with Crippen molar-refractivity contribution in [2.75, 3.05) is 26.0 Å². The Kier molecular flexibility index (Phi) is 7.38. The van der Waals surface area contributed by atoms with Gasteiger partial charge in [0.25, 0.3) is 0 Å². The highest BCUT2D eigenvalue weighted by atomic mass is 35.5. The molecule has 0 aliphatic carbocycles. The van der Waals surface area contributed by atoms with Gasteiger partial charge >= 0.3 is 0 Å². The Hall–Kier alpha value is -2.63. The fraction of sp³-hybridized carbons (Fsp3) is 0.200. The van der Waals surface area contributed by atoms with Crippen molar-refractivity contribution in [3.8, 4) is 0 Å². The van der Waals surface area contributed by atoms with Gasteiger partial charge in [-0.25, -0.2) is 0 Å². The number of carbonyl (C=O) groups excluding carboxylic acids is 2. The predicted octanol–water partition coefficient (Wildman–Crippen LogP) is 3.17. The maximum absolute atomic E-state index is 12.0. The molecular weight excluding hydrogens is 350 g/mol. The molecule has 26 heavy (non-hydrogen) atoms. The van der Waals surface area contributed by atoms with Crippen molar-refractivity contribution < 1.29 is 9.59 Å². The van der Waals surface area contributed by atoms with Gasteiger partial charge in [-0.1, -0.05) is 35.9 Å². The fourth-order valence-corrected chi connectivity index (χ4v) is 2.48. The lowest BCUT2D eigenvalue weighted by Crippen LogP contribution is -2.27. The summed E-state index contributed by atoms with van der Waals surface area (Å²) in [4.78, 5) is 25.6. The van der Waals surface area contributed by atoms with Crippen molar-refractivity contribution in [2.45, 2.75) is 6.54 Å². The van der Waals surface area contributed by atoms with Crippen molar-refractivity contribution in [2.24, 2.45) is 0 Å². The third-order valence-corrected chi connectivity index (χ3v) is 3.65. The van der Waals surface area contributed by atoms with Gasteiger partial charge in [-0.15, -0.1) is 0 Å². The molecule has 2 aromatic rings. The van der Waals surface area contributed by atoms with Gasteiger partial charge in [0, 0.05) is 23.3 Å². The van der Waals surface area contributed by atoms with Crippen LogP contribution in [0.25, 0.3) is 6.08 Å². The highest BCUT2D eigenvalue weighted by Crippen LogP contribution is 2.12. The molecule has 0 fully saturated rings. The summed E-state index contributed by atoms with van der Waals surface area (Å²) in [6.07, 6.45) is 3.17. The molecule has 0 aliphatic rings. The van der Waals surface area contributed by atoms with Gasteiger partial charge in [0.15, 0.2) is 0 Å². The number of likely N-dealkylation sites (N-methyl/N-ethyl adjacent to an activating group) is 1. The number of hydrogen-bond acceptors (Lipinski definition) is 3. The van der Waals surface area contributed by atoms with E-state index in [0.717, 1.165) is 11.1 Å². The molecule has 2 amide bonds. The smallest absolute Gasteiger partial charge is 0.244 e. The Morgan fingerprint density at radius 3 is 2.62 bits per heavy atom. The largest absolute Gasteiger partial charge is 0.348 e. The zero-order chi connectivity index (χ0) is 18.9. The molecule has 2 N–H and O–H groups in total. The molecule has 0 heterocycles. The zero-order valence-electron chi connectivity index (χ0n) is 14.8. The molecule has 6 heteroatoms. The van der Waals surface area contributed by atoms with Crippen LogP contribution in [-0.2, 0) is 16.1 Å². The minimum absolute atomic E-state index is 0.0827. The third-order valence-electron chi connectivity index (χ3n) is 3.41. The second-order valence-corrected chi connectivity index (χ2v) is 6.53. The van der Waals surface area contributed by atoms with Crippen LogP contribution in [0.3, 0.4) is 0 Å². The standard InChI is InChI=1S/C20H22ClN3O2/c1-24(2)14-20(26)23-18-8-4-6-16(12-18)13-22-19(25)10-9-15-5-3-7-17(21)11-15/h3-12H,13-14H2,1-2H3,(H,22,25)(H,23,26)/b10-9+. The molecule has 0 saturated carbocycles. The molecule has 0 aliphatic heterocycles. The van der Waals surface area contributed by atoms with Gasteiger partial charge in [0.1, 0.15) is 0 Å². The first-order chi connectivity index (χ1) is 12.4. The summed E-state index contributed by atoms with van der Waals surface area (Å²) in [5, 5.41) is 6.28. The highest BCUT2D eigenvalue weighted by molar-refractivity contribution is 6.30. The molecule has 0 bridgehead atoms. The molecule has 0 atom stereocenters. The first-order valence-corrected chi connectivity index (χ1v) is 8.55. The summed E-state index contributed by atoms with van der Waals surface area (Å²) in [5.74, 6) is -0.285. The second kappa shape index (κ2) is 9.75. The molecule has 136 valence electrons. The van der Waals surface area contributed by atoms with Crippen LogP contribution in [-0.4, -0.2) is 37.4 Å². The number of nitrogens with zero attached hydrogens (tertiary/aromatic N) is 1. The van der Waals surface area contributed by atoms with Crippen LogP contribution >= 0.6 is 11.6 Å². The maximum atomic E-state index is 12.0. The van der Waals surface area contributed by atoms with Gasteiger partial charge in [-0.3, -0.25) is 9.59 Å². The van der Waals surface area contributed by atoms with E-state index in [1.807, 2.05) is 50.5 Å². The number of benzene rings is 2. The number of anilines is 1. The van der Waals surface area contributed by atoms with E-state index in [4.69, 9.17) is 11.6 Å². The molecule has 0 aromatic heterocycles. The number of amides is 2. The lowest BCUT2D eigenvalue weighted by atomic mass is 10.2. The fourth-order valence-electron chi connectivity index (χ4n) is 2.28. The number of carbonyl (C=O) groups is 2. The van der Waals surface area contributed by atoms with Crippen LogP contribution in [0.1, 0.15) is 11.1 Å². The van der Waals surface area contributed by atoms with E-state index in [9.17, 15) is 9.59 Å². The Labute approximate surface area is 158 Å². The number of hydrogen-bond donors (Lipinski definition) is 2. The van der Waals surface area contributed by atoms with Crippen molar-refractivity contribution in [3.05, 3.63) is 70.8 Å². The van der Waals surface area contributed by atoms with Gasteiger partial charge < -0.3 is 15.5 Å². The monoisotopic (exact) mass is 371 g/mol. The number of rotatable bonds is 7. The van der Waals surface area contributed by atoms with Gasteiger partial charge in [0.05, 0.1) is 6.54 Å². The van der Waals surface area contributed by atoms with Crippen LogP contribution < -0.4 is 10.6 Å². The zero-order valence-corrected chi connectivity index (χ0v) is 15.6. The number of halogens is 1. The van der Waals surface area contributed by atoms with Gasteiger partial charge in [-0.05, 0) is 55.6 Å². The molecule has 0 saturated heterocycles. The molecule has 2 rings (SSSR count). The average molecular weight is 372 g/mol. The van der Waals surface area contributed by atoms with Gasteiger partial charge in [-0.2, -0.15) is 0 Å². The van der Waals surface area contributed by atoms with Crippen molar-refractivity contribution >= 4 is 35.2 Å². The minimum Gasteiger partial charge on any atom is -0.348 e. The topological polar surface area (TPSA) is 61.4 Å². The minimum atomic E-state index is -0.202. The van der Waals surface area contributed by atoms with Crippen molar-refractivity contribution in [1.29, 1.82) is 0 Å². The van der Waals surface area contributed by atoms with Crippen LogP contribution in [0, 0.1) is 0 Å². The van der Waals surface area contributed by atoms with Crippen LogP contribution in [0.2, 0.25) is 5.02 Å². The normalized spacial score (nSPS) is 10.9. The number of nitrogens with one attached hydrogen (secondary N) is 2. The summed E-state index contributed by atoms with van der Waals surface area (Å²) >= 11 is 5.91. The maximum Gasteiger partial charge on any atom is 0.244 e. The predicted molar refractivity (Wildman–Crippen MR) is 106 cm³/mol. The molecule has 0 unspecified atom stereocenters. The van der Waals surface area contributed by atoms with Crippen molar-refractivity contribution in [1.82, 2.24) is 10.2 Å². The van der Waals surface area contributed by atoms with Crippen LogP contribution in [0.4, 0.5) is 5.69 Å². The van der Waals surface area contributed by atoms with E-state index in [2.05, 4.69) is 10.6 Å². The van der Waals surface area contributed by atoms with E-state index in [0.29, 0.717) is 23.8 Å². The lowest BCUT2D eigenvalue weighted by Gasteiger charge is -2.11. The molecular formula is C20H22ClN3O2. The van der Waals surface area contributed by atoms with E-state index < -0.39 is 0 Å². The average Bonchev–Trinajstić information content (AvgIpc) is 2.58. The third kappa shape index (κ3) is 7.09. The molecule has 0 radical (unpaired) electrons. The van der Waals surface area contributed by atoms with Crippen LogP contribution in [0.15, 0.2) is 54.6 Å². The summed E-state index contributed by atoms with van der Waals surface area (Å²) in [6.45, 7) is 0.686. The molecule has 2 aromatic carbocycles. The summed E-state index contributed by atoms with van der Waals surface area (Å²) in [5.41, 5.74) is 2.47. The first-order valence-electron chi connectivity index (χ1n) is 8.17. The Morgan fingerprint density at radius 2 is 1.88 bits per heavy atom. The van der Waals surface area contributed by atoms with Gasteiger partial charge in [0.2, 0.25) is 11.8 Å².